The van der Waals surface area contributed by atoms with E-state index in [0.717, 1.165) is 24.3 Å². The maximum absolute atomic E-state index is 13.0. The zero-order chi connectivity index (χ0) is 16.9. The lowest BCUT2D eigenvalue weighted by molar-refractivity contribution is -0.138. The van der Waals surface area contributed by atoms with Gasteiger partial charge in [-0.15, -0.1) is 0 Å². The molecule has 0 saturated heterocycles. The van der Waals surface area contributed by atoms with Gasteiger partial charge in [0.05, 0.1) is 5.56 Å². The third-order valence-electron chi connectivity index (χ3n) is 3.63. The Morgan fingerprint density at radius 1 is 1.09 bits per heavy atom. The highest BCUT2D eigenvalue weighted by Gasteiger charge is 2.32. The van der Waals surface area contributed by atoms with Gasteiger partial charge >= 0.3 is 6.18 Å². The molecule has 2 aromatic rings. The van der Waals surface area contributed by atoms with Crippen LogP contribution >= 0.6 is 0 Å². The van der Waals surface area contributed by atoms with Crippen LogP contribution in [0, 0.1) is 0 Å². The molecule has 0 unspecified atom stereocenters. The van der Waals surface area contributed by atoms with Crippen molar-refractivity contribution in [2.45, 2.75) is 32.5 Å². The summed E-state index contributed by atoms with van der Waals surface area (Å²) in [5, 5.41) is 3.04. The van der Waals surface area contributed by atoms with Crippen LogP contribution in [0.1, 0.15) is 40.4 Å². The Morgan fingerprint density at radius 2 is 1.83 bits per heavy atom. The number of carbonyl (C=O) groups is 1. The average molecular weight is 321 g/mol. The van der Waals surface area contributed by atoms with Crippen molar-refractivity contribution >= 4 is 12.0 Å². The van der Waals surface area contributed by atoms with Crippen LogP contribution in [0.2, 0.25) is 0 Å². The van der Waals surface area contributed by atoms with E-state index in [1.165, 1.54) is 12.1 Å². The second-order valence-corrected chi connectivity index (χ2v) is 5.25. The van der Waals surface area contributed by atoms with Gasteiger partial charge in [0.15, 0.2) is 0 Å². The molecule has 0 radical (unpaired) electrons. The van der Waals surface area contributed by atoms with Gasteiger partial charge in [0, 0.05) is 17.8 Å². The first kappa shape index (κ1) is 17.1. The molecule has 0 amide bonds. The summed E-state index contributed by atoms with van der Waals surface area (Å²) >= 11 is 0. The Kier molecular flexibility index (Phi) is 5.42. The molecule has 2 aromatic carbocycles. The van der Waals surface area contributed by atoms with Crippen LogP contribution in [0.5, 0.6) is 0 Å². The molecule has 2 rings (SSSR count). The van der Waals surface area contributed by atoms with Crippen LogP contribution in [0.25, 0.3) is 0 Å². The smallest absolute Gasteiger partial charge is 0.381 e. The minimum absolute atomic E-state index is 0.0503. The first-order valence-electron chi connectivity index (χ1n) is 7.43. The summed E-state index contributed by atoms with van der Waals surface area (Å²) in [4.78, 5) is 11.1. The quantitative estimate of drug-likeness (QED) is 0.752. The third kappa shape index (κ3) is 4.12. The standard InChI is InChI=1S/C18H18F3NO/c1-2-6-15-14(12-23)8-5-10-17(15)22-11-13-7-3-4-9-16(13)18(19,20)21/h3-5,7-10,12,22H,2,6,11H2,1H3. The number of halogens is 3. The van der Waals surface area contributed by atoms with Gasteiger partial charge in [0.1, 0.15) is 6.29 Å². The van der Waals surface area contributed by atoms with Gasteiger partial charge in [-0.3, -0.25) is 4.79 Å². The molecule has 0 saturated carbocycles. The second-order valence-electron chi connectivity index (χ2n) is 5.25. The Labute approximate surface area is 133 Å². The maximum Gasteiger partial charge on any atom is 0.416 e. The summed E-state index contributed by atoms with van der Waals surface area (Å²) in [7, 11) is 0. The Hall–Kier alpha value is -2.30. The van der Waals surface area contributed by atoms with E-state index in [0.29, 0.717) is 17.7 Å². The van der Waals surface area contributed by atoms with E-state index in [4.69, 9.17) is 0 Å². The average Bonchev–Trinajstić information content (AvgIpc) is 2.53. The van der Waals surface area contributed by atoms with E-state index < -0.39 is 11.7 Å². The molecule has 2 nitrogen and oxygen atoms in total. The molecule has 0 aliphatic carbocycles. The zero-order valence-corrected chi connectivity index (χ0v) is 12.8. The van der Waals surface area contributed by atoms with Crippen molar-refractivity contribution < 1.29 is 18.0 Å². The third-order valence-corrected chi connectivity index (χ3v) is 3.63. The molecule has 5 heteroatoms. The zero-order valence-electron chi connectivity index (χ0n) is 12.8. The molecular formula is C18H18F3NO. The number of hydrogen-bond donors (Lipinski definition) is 1. The molecule has 1 N–H and O–H groups in total. The van der Waals surface area contributed by atoms with Gasteiger partial charge in [-0.1, -0.05) is 43.7 Å². The lowest BCUT2D eigenvalue weighted by Crippen LogP contribution is -2.12. The number of aldehydes is 1. The van der Waals surface area contributed by atoms with Gasteiger partial charge in [-0.25, -0.2) is 0 Å². The summed E-state index contributed by atoms with van der Waals surface area (Å²) in [5.74, 6) is 0. The molecule has 0 aromatic heterocycles. The van der Waals surface area contributed by atoms with Crippen molar-refractivity contribution in [3.8, 4) is 0 Å². The maximum atomic E-state index is 13.0. The molecule has 0 aliphatic heterocycles. The minimum Gasteiger partial charge on any atom is -0.381 e. The molecule has 122 valence electrons. The topological polar surface area (TPSA) is 29.1 Å². The fourth-order valence-corrected chi connectivity index (χ4v) is 2.55. The number of benzene rings is 2. The predicted molar refractivity (Wildman–Crippen MR) is 84.6 cm³/mol. The lowest BCUT2D eigenvalue weighted by Gasteiger charge is -2.16. The largest absolute Gasteiger partial charge is 0.416 e. The fourth-order valence-electron chi connectivity index (χ4n) is 2.55. The SMILES string of the molecule is CCCc1c(C=O)cccc1NCc1ccccc1C(F)(F)F. The van der Waals surface area contributed by atoms with E-state index in [2.05, 4.69) is 5.32 Å². The molecule has 0 spiro atoms. The highest BCUT2D eigenvalue weighted by molar-refractivity contribution is 5.80. The molecule has 0 aliphatic rings. The van der Waals surface area contributed by atoms with Crippen LogP contribution < -0.4 is 5.32 Å². The Balaban J connectivity index is 2.27. The van der Waals surface area contributed by atoms with E-state index in [1.54, 1.807) is 24.3 Å². The van der Waals surface area contributed by atoms with E-state index >= 15 is 0 Å². The number of carbonyl (C=O) groups excluding carboxylic acids is 1. The van der Waals surface area contributed by atoms with E-state index in [-0.39, 0.29) is 12.1 Å². The van der Waals surface area contributed by atoms with Crippen molar-refractivity contribution in [3.05, 3.63) is 64.7 Å². The highest BCUT2D eigenvalue weighted by atomic mass is 19.4. The number of rotatable bonds is 6. The van der Waals surface area contributed by atoms with Crippen LogP contribution in [-0.2, 0) is 19.1 Å². The predicted octanol–water partition coefficient (Wildman–Crippen LogP) is 5.08. The number of nitrogens with one attached hydrogen (secondary N) is 1. The Bertz CT molecular complexity index is 680. The summed E-state index contributed by atoms with van der Waals surface area (Å²) in [5.41, 5.74) is 1.65. The van der Waals surface area contributed by atoms with Gasteiger partial charge < -0.3 is 5.32 Å². The molecule has 23 heavy (non-hydrogen) atoms. The summed E-state index contributed by atoms with van der Waals surface area (Å²) < 4.78 is 39.1. The normalized spacial score (nSPS) is 11.3. The van der Waals surface area contributed by atoms with Crippen molar-refractivity contribution in [1.82, 2.24) is 0 Å². The van der Waals surface area contributed by atoms with Crippen molar-refractivity contribution in [2.24, 2.45) is 0 Å². The molecular weight excluding hydrogens is 303 g/mol. The van der Waals surface area contributed by atoms with E-state index in [1.807, 2.05) is 6.92 Å². The van der Waals surface area contributed by atoms with E-state index in [9.17, 15) is 18.0 Å². The van der Waals surface area contributed by atoms with Crippen LogP contribution in [0.3, 0.4) is 0 Å². The first-order chi connectivity index (χ1) is 11.0. The second kappa shape index (κ2) is 7.31. The fraction of sp³-hybridized carbons (Fsp3) is 0.278. The summed E-state index contributed by atoms with van der Waals surface area (Å²) in [6, 6.07) is 10.7. The first-order valence-corrected chi connectivity index (χ1v) is 7.43. The Morgan fingerprint density at radius 3 is 2.48 bits per heavy atom. The number of alkyl halides is 3. The van der Waals surface area contributed by atoms with Crippen LogP contribution in [0.4, 0.5) is 18.9 Å². The molecule has 0 atom stereocenters. The molecule has 0 fully saturated rings. The molecule has 0 heterocycles. The monoisotopic (exact) mass is 321 g/mol. The van der Waals surface area contributed by atoms with Gasteiger partial charge in [-0.05, 0) is 29.7 Å². The molecule has 0 bridgehead atoms. The van der Waals surface area contributed by atoms with Gasteiger partial charge in [0.2, 0.25) is 0 Å². The summed E-state index contributed by atoms with van der Waals surface area (Å²) in [6.45, 7) is 2.04. The van der Waals surface area contributed by atoms with Crippen LogP contribution in [-0.4, -0.2) is 6.29 Å². The van der Waals surface area contributed by atoms with Gasteiger partial charge in [0.25, 0.3) is 0 Å². The minimum atomic E-state index is -4.38. The van der Waals surface area contributed by atoms with Crippen LogP contribution in [0.15, 0.2) is 42.5 Å². The number of anilines is 1. The van der Waals surface area contributed by atoms with Crippen molar-refractivity contribution in [1.29, 1.82) is 0 Å². The summed E-state index contributed by atoms with van der Waals surface area (Å²) in [6.07, 6.45) is -2.06. The van der Waals surface area contributed by atoms with Gasteiger partial charge in [-0.2, -0.15) is 13.2 Å². The highest BCUT2D eigenvalue weighted by Crippen LogP contribution is 2.32. The lowest BCUT2D eigenvalue weighted by atomic mass is 10.0. The number of hydrogen-bond acceptors (Lipinski definition) is 2. The van der Waals surface area contributed by atoms with Crippen molar-refractivity contribution in [3.63, 3.8) is 0 Å². The van der Waals surface area contributed by atoms with Crippen molar-refractivity contribution in [2.75, 3.05) is 5.32 Å².